The number of halogens is 3. The van der Waals surface area contributed by atoms with Crippen molar-refractivity contribution in [1.29, 1.82) is 0 Å². The first-order valence-electron chi connectivity index (χ1n) is 7.72. The number of aliphatic hydroxyl groups is 1. The lowest BCUT2D eigenvalue weighted by Crippen LogP contribution is -2.54. The first kappa shape index (κ1) is 18.3. The first-order chi connectivity index (χ1) is 9.66. The van der Waals surface area contributed by atoms with Gasteiger partial charge in [-0.15, -0.1) is 0 Å². The predicted molar refractivity (Wildman–Crippen MR) is 74.7 cm³/mol. The Hall–Kier alpha value is -0.780. The molecule has 1 amide bonds. The highest BCUT2D eigenvalue weighted by Gasteiger charge is 2.54. The fourth-order valence-corrected chi connectivity index (χ4v) is 2.57. The summed E-state index contributed by atoms with van der Waals surface area (Å²) in [5.74, 6) is 0.562. The number of rotatable bonds is 6. The highest BCUT2D eigenvalue weighted by Crippen LogP contribution is 2.38. The van der Waals surface area contributed by atoms with Crippen LogP contribution in [0.3, 0.4) is 0 Å². The van der Waals surface area contributed by atoms with E-state index in [1.165, 1.54) is 4.90 Å². The highest BCUT2D eigenvalue weighted by molar-refractivity contribution is 5.76. The Morgan fingerprint density at radius 3 is 2.24 bits per heavy atom. The van der Waals surface area contributed by atoms with Crippen LogP contribution in [0.2, 0.25) is 0 Å². The van der Waals surface area contributed by atoms with Gasteiger partial charge in [-0.2, -0.15) is 13.2 Å². The normalized spacial score (nSPS) is 19.1. The number of amides is 1. The van der Waals surface area contributed by atoms with Gasteiger partial charge in [0.15, 0.2) is 5.60 Å². The van der Waals surface area contributed by atoms with E-state index >= 15 is 0 Å². The monoisotopic (exact) mass is 309 g/mol. The van der Waals surface area contributed by atoms with Crippen LogP contribution < -0.4 is 0 Å². The van der Waals surface area contributed by atoms with E-state index in [4.69, 9.17) is 0 Å². The molecule has 1 aliphatic heterocycles. The molecule has 21 heavy (non-hydrogen) atoms. The number of carbonyl (C=O) groups excluding carboxylic acids is 1. The molecule has 0 aromatic heterocycles. The van der Waals surface area contributed by atoms with Crippen molar-refractivity contribution in [1.82, 2.24) is 4.90 Å². The summed E-state index contributed by atoms with van der Waals surface area (Å²) in [7, 11) is 0. The second-order valence-electron chi connectivity index (χ2n) is 6.40. The molecule has 0 unspecified atom stereocenters. The molecule has 1 N–H and O–H groups in total. The molecule has 1 saturated heterocycles. The summed E-state index contributed by atoms with van der Waals surface area (Å²) < 4.78 is 38.0. The second-order valence-corrected chi connectivity index (χ2v) is 6.40. The number of alkyl halides is 3. The van der Waals surface area contributed by atoms with E-state index in [0.717, 1.165) is 25.7 Å². The minimum absolute atomic E-state index is 0.0131. The average Bonchev–Trinajstić information content (AvgIpc) is 2.37. The maximum absolute atomic E-state index is 12.7. The molecular formula is C15H26F3NO2. The lowest BCUT2D eigenvalue weighted by molar-refractivity contribution is -0.272. The Morgan fingerprint density at radius 2 is 1.76 bits per heavy atom. The van der Waals surface area contributed by atoms with Crippen molar-refractivity contribution >= 4 is 5.91 Å². The first-order valence-corrected chi connectivity index (χ1v) is 7.72. The van der Waals surface area contributed by atoms with Gasteiger partial charge in [0.1, 0.15) is 0 Å². The summed E-state index contributed by atoms with van der Waals surface area (Å²) in [6.07, 6.45) is -1.09. The fraction of sp³-hybridized carbons (Fsp3) is 0.933. The molecule has 6 heteroatoms. The molecule has 0 aromatic rings. The average molecular weight is 309 g/mol. The van der Waals surface area contributed by atoms with Crippen LogP contribution in [0.4, 0.5) is 13.2 Å². The van der Waals surface area contributed by atoms with Gasteiger partial charge in [0.05, 0.1) is 0 Å². The number of carbonyl (C=O) groups is 1. The van der Waals surface area contributed by atoms with E-state index in [2.05, 4.69) is 13.8 Å². The van der Waals surface area contributed by atoms with Gasteiger partial charge in [-0.3, -0.25) is 4.79 Å². The number of hydrogen-bond acceptors (Lipinski definition) is 2. The van der Waals surface area contributed by atoms with Crippen molar-refractivity contribution in [2.45, 2.75) is 70.6 Å². The molecule has 1 fully saturated rings. The minimum atomic E-state index is -4.61. The number of hydrogen-bond donors (Lipinski definition) is 1. The van der Waals surface area contributed by atoms with Gasteiger partial charge in [0.2, 0.25) is 5.91 Å². The van der Waals surface area contributed by atoms with Crippen molar-refractivity contribution in [3.63, 3.8) is 0 Å². The standard InChI is InChI=1S/C15H26F3NO2/c1-12(2)6-4-3-5-7-13(20)19-10-8-14(21,9-11-19)15(16,17)18/h12,21H,3-11H2,1-2H3. The zero-order valence-electron chi connectivity index (χ0n) is 12.9. The molecular weight excluding hydrogens is 283 g/mol. The van der Waals surface area contributed by atoms with E-state index in [9.17, 15) is 23.1 Å². The summed E-state index contributed by atoms with van der Waals surface area (Å²) in [5, 5.41) is 9.54. The molecule has 0 bridgehead atoms. The largest absolute Gasteiger partial charge is 0.417 e. The van der Waals surface area contributed by atoms with Gasteiger partial charge in [0, 0.05) is 32.4 Å². The maximum Gasteiger partial charge on any atom is 0.417 e. The minimum Gasteiger partial charge on any atom is -0.380 e. The summed E-state index contributed by atoms with van der Waals surface area (Å²) in [6, 6.07) is 0. The Bertz CT molecular complexity index is 334. The number of unbranched alkanes of at least 4 members (excludes halogenated alkanes) is 2. The Kier molecular flexibility index (Phi) is 6.50. The Morgan fingerprint density at radius 1 is 1.19 bits per heavy atom. The van der Waals surface area contributed by atoms with Gasteiger partial charge >= 0.3 is 6.18 Å². The SMILES string of the molecule is CC(C)CCCCCC(=O)N1CCC(O)(C(F)(F)F)CC1. The Labute approximate surface area is 124 Å². The second kappa shape index (κ2) is 7.47. The molecule has 124 valence electrons. The van der Waals surface area contributed by atoms with E-state index in [-0.39, 0.29) is 19.0 Å². The number of likely N-dealkylation sites (tertiary alicyclic amines) is 1. The van der Waals surface area contributed by atoms with Crippen LogP contribution in [0.15, 0.2) is 0 Å². The molecule has 1 aliphatic rings. The van der Waals surface area contributed by atoms with Crippen LogP contribution in [0.1, 0.15) is 58.8 Å². The molecule has 0 aliphatic carbocycles. The van der Waals surface area contributed by atoms with Gasteiger partial charge in [-0.05, 0) is 12.3 Å². The van der Waals surface area contributed by atoms with Crippen LogP contribution in [0.5, 0.6) is 0 Å². The Balaban J connectivity index is 2.26. The lowest BCUT2D eigenvalue weighted by atomic mass is 9.90. The number of nitrogens with zero attached hydrogens (tertiary/aromatic N) is 1. The molecule has 1 rings (SSSR count). The molecule has 0 saturated carbocycles. The maximum atomic E-state index is 12.7. The summed E-state index contributed by atoms with van der Waals surface area (Å²) in [6.45, 7) is 4.28. The van der Waals surface area contributed by atoms with Gasteiger partial charge in [0.25, 0.3) is 0 Å². The van der Waals surface area contributed by atoms with Crippen LogP contribution in [-0.4, -0.2) is 40.8 Å². The number of piperidine rings is 1. The fourth-order valence-electron chi connectivity index (χ4n) is 2.57. The summed E-state index contributed by atoms with van der Waals surface area (Å²) in [5.41, 5.74) is -2.62. The van der Waals surface area contributed by atoms with E-state index in [1.807, 2.05) is 0 Å². The van der Waals surface area contributed by atoms with E-state index < -0.39 is 24.6 Å². The van der Waals surface area contributed by atoms with Gasteiger partial charge in [-0.1, -0.05) is 33.1 Å². The predicted octanol–water partition coefficient (Wildman–Crippen LogP) is 3.51. The smallest absolute Gasteiger partial charge is 0.380 e. The van der Waals surface area contributed by atoms with Gasteiger partial charge < -0.3 is 10.0 Å². The summed E-state index contributed by atoms with van der Waals surface area (Å²) >= 11 is 0. The van der Waals surface area contributed by atoms with Gasteiger partial charge in [-0.25, -0.2) is 0 Å². The molecule has 0 spiro atoms. The third kappa shape index (κ3) is 5.49. The third-order valence-electron chi connectivity index (χ3n) is 4.14. The van der Waals surface area contributed by atoms with Crippen molar-refractivity contribution in [3.05, 3.63) is 0 Å². The van der Waals surface area contributed by atoms with E-state index in [0.29, 0.717) is 12.3 Å². The highest BCUT2D eigenvalue weighted by atomic mass is 19.4. The van der Waals surface area contributed by atoms with Crippen molar-refractivity contribution in [3.8, 4) is 0 Å². The van der Waals surface area contributed by atoms with Crippen LogP contribution in [0, 0.1) is 5.92 Å². The zero-order valence-corrected chi connectivity index (χ0v) is 12.9. The van der Waals surface area contributed by atoms with Crippen molar-refractivity contribution in [2.75, 3.05) is 13.1 Å². The van der Waals surface area contributed by atoms with Crippen molar-refractivity contribution in [2.24, 2.45) is 5.92 Å². The van der Waals surface area contributed by atoms with Crippen molar-refractivity contribution < 1.29 is 23.1 Å². The third-order valence-corrected chi connectivity index (χ3v) is 4.14. The topological polar surface area (TPSA) is 40.5 Å². The molecule has 3 nitrogen and oxygen atoms in total. The quantitative estimate of drug-likeness (QED) is 0.763. The molecule has 0 aromatic carbocycles. The summed E-state index contributed by atoms with van der Waals surface area (Å²) in [4.78, 5) is 13.4. The van der Waals surface area contributed by atoms with Crippen LogP contribution >= 0.6 is 0 Å². The lowest BCUT2D eigenvalue weighted by Gasteiger charge is -2.39. The molecule has 0 radical (unpaired) electrons. The van der Waals surface area contributed by atoms with Crippen LogP contribution in [-0.2, 0) is 4.79 Å². The molecule has 0 atom stereocenters. The van der Waals surface area contributed by atoms with Crippen LogP contribution in [0.25, 0.3) is 0 Å². The molecule has 1 heterocycles. The van der Waals surface area contributed by atoms with E-state index in [1.54, 1.807) is 0 Å². The zero-order chi connectivity index (χ0) is 16.1.